The molecule has 1 aromatic carbocycles. The number of nitrogens with one attached hydrogen (secondary N) is 1. The summed E-state index contributed by atoms with van der Waals surface area (Å²) in [6.07, 6.45) is 2.53. The molecule has 0 spiro atoms. The third-order valence-electron chi connectivity index (χ3n) is 4.78. The van der Waals surface area contributed by atoms with Crippen LogP contribution in [-0.4, -0.2) is 30.6 Å². The molecule has 1 aromatic rings. The first-order valence-electron chi connectivity index (χ1n) is 8.55. The summed E-state index contributed by atoms with van der Waals surface area (Å²) in [6, 6.07) is 8.03. The predicted molar refractivity (Wildman–Crippen MR) is 91.8 cm³/mol. The zero-order valence-corrected chi connectivity index (χ0v) is 14.4. The second-order valence-corrected chi connectivity index (χ2v) is 7.01. The minimum Gasteiger partial charge on any atom is -0.309 e. The molecule has 2 nitrogen and oxygen atoms in total. The smallest absolute Gasteiger partial charge is 0.0452 e. The topological polar surface area (TPSA) is 15.3 Å². The molecule has 1 aliphatic heterocycles. The highest BCUT2D eigenvalue weighted by Crippen LogP contribution is 2.27. The first kappa shape index (κ1) is 16.5. The van der Waals surface area contributed by atoms with Crippen LogP contribution in [0.5, 0.6) is 0 Å². The number of benzene rings is 1. The summed E-state index contributed by atoms with van der Waals surface area (Å²) in [5, 5.41) is 3.77. The first-order chi connectivity index (χ1) is 10.0. The van der Waals surface area contributed by atoms with Crippen LogP contribution in [0.2, 0.25) is 0 Å². The summed E-state index contributed by atoms with van der Waals surface area (Å²) in [5.74, 6) is 0.838. The van der Waals surface area contributed by atoms with Crippen molar-refractivity contribution in [2.24, 2.45) is 5.92 Å². The standard InChI is InChI=1S/C19H32N2/c1-6-9-20-19(13-21-12-15(3)10-17(21)5)18-11-14(2)7-8-16(18)4/h7-8,11,15,17,19-20H,6,9-10,12-13H2,1-5H3. The van der Waals surface area contributed by atoms with Crippen molar-refractivity contribution in [2.45, 2.75) is 59.5 Å². The molecule has 2 heteroatoms. The second kappa shape index (κ2) is 7.42. The Morgan fingerprint density at radius 3 is 2.67 bits per heavy atom. The van der Waals surface area contributed by atoms with E-state index in [1.165, 1.54) is 36.1 Å². The first-order valence-corrected chi connectivity index (χ1v) is 8.55. The lowest BCUT2D eigenvalue weighted by Gasteiger charge is -2.29. The Morgan fingerprint density at radius 2 is 2.05 bits per heavy atom. The van der Waals surface area contributed by atoms with E-state index in [2.05, 4.69) is 63.0 Å². The van der Waals surface area contributed by atoms with E-state index in [0.717, 1.165) is 25.0 Å². The Morgan fingerprint density at radius 1 is 1.29 bits per heavy atom. The maximum atomic E-state index is 3.77. The van der Waals surface area contributed by atoms with E-state index in [0.29, 0.717) is 6.04 Å². The lowest BCUT2D eigenvalue weighted by atomic mass is 9.98. The summed E-state index contributed by atoms with van der Waals surface area (Å²) in [6.45, 7) is 14.9. The molecule has 1 N–H and O–H groups in total. The average molecular weight is 288 g/mol. The van der Waals surface area contributed by atoms with Crippen LogP contribution < -0.4 is 5.32 Å². The minimum absolute atomic E-state index is 0.456. The van der Waals surface area contributed by atoms with Gasteiger partial charge in [-0.3, -0.25) is 4.90 Å². The van der Waals surface area contributed by atoms with Gasteiger partial charge in [-0.2, -0.15) is 0 Å². The SMILES string of the molecule is CCCNC(CN1CC(C)CC1C)c1cc(C)ccc1C. The van der Waals surface area contributed by atoms with Gasteiger partial charge in [-0.1, -0.05) is 37.6 Å². The Hall–Kier alpha value is -0.860. The average Bonchev–Trinajstić information content (AvgIpc) is 2.75. The molecule has 2 rings (SSSR count). The quantitative estimate of drug-likeness (QED) is 0.848. The van der Waals surface area contributed by atoms with Gasteiger partial charge in [-0.15, -0.1) is 0 Å². The molecule has 0 radical (unpaired) electrons. The number of likely N-dealkylation sites (tertiary alicyclic amines) is 1. The van der Waals surface area contributed by atoms with Crippen LogP contribution in [0.4, 0.5) is 0 Å². The van der Waals surface area contributed by atoms with E-state index in [-0.39, 0.29) is 0 Å². The zero-order valence-electron chi connectivity index (χ0n) is 14.4. The van der Waals surface area contributed by atoms with Crippen molar-refractivity contribution >= 4 is 0 Å². The molecule has 1 fully saturated rings. The fraction of sp³-hybridized carbons (Fsp3) is 0.684. The molecule has 0 saturated carbocycles. The van der Waals surface area contributed by atoms with Crippen LogP contribution in [-0.2, 0) is 0 Å². The minimum atomic E-state index is 0.456. The Bertz CT molecular complexity index is 455. The zero-order chi connectivity index (χ0) is 15.4. The summed E-state index contributed by atoms with van der Waals surface area (Å²) >= 11 is 0. The molecule has 0 bridgehead atoms. The normalized spacial score (nSPS) is 24.4. The molecule has 3 atom stereocenters. The van der Waals surface area contributed by atoms with E-state index < -0.39 is 0 Å². The third-order valence-corrected chi connectivity index (χ3v) is 4.78. The van der Waals surface area contributed by atoms with Crippen molar-refractivity contribution in [3.8, 4) is 0 Å². The maximum Gasteiger partial charge on any atom is 0.0452 e. The van der Waals surface area contributed by atoms with Crippen molar-refractivity contribution < 1.29 is 0 Å². The monoisotopic (exact) mass is 288 g/mol. The molecule has 1 aliphatic rings. The van der Waals surface area contributed by atoms with E-state index in [9.17, 15) is 0 Å². The van der Waals surface area contributed by atoms with E-state index >= 15 is 0 Å². The predicted octanol–water partition coefficient (Wildman–Crippen LogP) is 4.07. The Balaban J connectivity index is 2.15. The van der Waals surface area contributed by atoms with Gasteiger partial charge in [0.25, 0.3) is 0 Å². The molecule has 0 aliphatic carbocycles. The lowest BCUT2D eigenvalue weighted by molar-refractivity contribution is 0.234. The summed E-state index contributed by atoms with van der Waals surface area (Å²) in [4.78, 5) is 2.67. The number of rotatable bonds is 6. The second-order valence-electron chi connectivity index (χ2n) is 7.01. The number of hydrogen-bond donors (Lipinski definition) is 1. The van der Waals surface area contributed by atoms with Crippen LogP contribution in [0.1, 0.15) is 56.3 Å². The van der Waals surface area contributed by atoms with Gasteiger partial charge in [0.2, 0.25) is 0 Å². The maximum absolute atomic E-state index is 3.77. The fourth-order valence-corrected chi connectivity index (χ4v) is 3.60. The van der Waals surface area contributed by atoms with Gasteiger partial charge in [-0.25, -0.2) is 0 Å². The van der Waals surface area contributed by atoms with Gasteiger partial charge in [-0.05, 0) is 57.2 Å². The number of aryl methyl sites for hydroxylation is 2. The van der Waals surface area contributed by atoms with Gasteiger partial charge in [0.15, 0.2) is 0 Å². The molecule has 1 saturated heterocycles. The van der Waals surface area contributed by atoms with Crippen LogP contribution in [0.3, 0.4) is 0 Å². The van der Waals surface area contributed by atoms with E-state index in [1.54, 1.807) is 0 Å². The van der Waals surface area contributed by atoms with Crippen molar-refractivity contribution in [1.82, 2.24) is 10.2 Å². The molecule has 0 aromatic heterocycles. The van der Waals surface area contributed by atoms with Gasteiger partial charge in [0.1, 0.15) is 0 Å². The summed E-state index contributed by atoms with van der Waals surface area (Å²) < 4.78 is 0. The number of hydrogen-bond acceptors (Lipinski definition) is 2. The van der Waals surface area contributed by atoms with Crippen LogP contribution in [0.25, 0.3) is 0 Å². The fourth-order valence-electron chi connectivity index (χ4n) is 3.60. The molecule has 3 unspecified atom stereocenters. The van der Waals surface area contributed by atoms with Gasteiger partial charge >= 0.3 is 0 Å². The largest absolute Gasteiger partial charge is 0.309 e. The van der Waals surface area contributed by atoms with Crippen molar-refractivity contribution in [1.29, 1.82) is 0 Å². The van der Waals surface area contributed by atoms with Gasteiger partial charge < -0.3 is 5.32 Å². The highest BCUT2D eigenvalue weighted by molar-refractivity contribution is 5.33. The summed E-state index contributed by atoms with van der Waals surface area (Å²) in [5.41, 5.74) is 4.26. The van der Waals surface area contributed by atoms with Crippen LogP contribution in [0.15, 0.2) is 18.2 Å². The van der Waals surface area contributed by atoms with E-state index in [1.807, 2.05) is 0 Å². The van der Waals surface area contributed by atoms with Gasteiger partial charge in [0, 0.05) is 25.2 Å². The molecular formula is C19H32N2. The highest BCUT2D eigenvalue weighted by Gasteiger charge is 2.28. The lowest BCUT2D eigenvalue weighted by Crippen LogP contribution is -2.37. The Kier molecular flexibility index (Phi) is 5.83. The molecule has 118 valence electrons. The molecule has 1 heterocycles. The summed E-state index contributed by atoms with van der Waals surface area (Å²) in [7, 11) is 0. The molecule has 21 heavy (non-hydrogen) atoms. The molecule has 0 amide bonds. The van der Waals surface area contributed by atoms with Crippen molar-refractivity contribution in [3.63, 3.8) is 0 Å². The Labute approximate surface area is 130 Å². The van der Waals surface area contributed by atoms with Crippen molar-refractivity contribution in [3.05, 3.63) is 34.9 Å². The van der Waals surface area contributed by atoms with Crippen LogP contribution >= 0.6 is 0 Å². The number of nitrogens with zero attached hydrogens (tertiary/aromatic N) is 1. The highest BCUT2D eigenvalue weighted by atomic mass is 15.2. The van der Waals surface area contributed by atoms with Crippen LogP contribution in [0, 0.1) is 19.8 Å². The molecular weight excluding hydrogens is 256 g/mol. The van der Waals surface area contributed by atoms with Gasteiger partial charge in [0.05, 0.1) is 0 Å². The van der Waals surface area contributed by atoms with Crippen molar-refractivity contribution in [2.75, 3.05) is 19.6 Å². The third kappa shape index (κ3) is 4.31. The van der Waals surface area contributed by atoms with E-state index in [4.69, 9.17) is 0 Å².